The lowest BCUT2D eigenvalue weighted by Gasteiger charge is -2.05. The highest BCUT2D eigenvalue weighted by atomic mass is 16.4. The summed E-state index contributed by atoms with van der Waals surface area (Å²) in [5, 5.41) is 56.3. The van der Waals surface area contributed by atoms with E-state index in [1.54, 1.807) is 0 Å². The van der Waals surface area contributed by atoms with Gasteiger partial charge in [-0.2, -0.15) is 0 Å². The molecule has 4 aromatic carbocycles. The van der Waals surface area contributed by atoms with Gasteiger partial charge in [-0.1, -0.05) is 39.8 Å². The number of aromatic hydroxyl groups is 2. The van der Waals surface area contributed by atoms with Crippen molar-refractivity contribution >= 4 is 45.4 Å². The van der Waals surface area contributed by atoms with Crippen LogP contribution in [0.3, 0.4) is 0 Å². The van der Waals surface area contributed by atoms with Crippen LogP contribution in [0.2, 0.25) is 0 Å². The third-order valence-electron chi connectivity index (χ3n) is 4.90. The maximum atomic E-state index is 10.8. The van der Waals surface area contributed by atoms with Crippen LogP contribution < -0.4 is 0 Å². The molecule has 200 valence electrons. The normalized spacial score (nSPS) is 9.58. The van der Waals surface area contributed by atoms with E-state index in [4.69, 9.17) is 20.4 Å². The molecule has 0 unspecified atom stereocenters. The van der Waals surface area contributed by atoms with E-state index in [9.17, 15) is 29.4 Å². The summed E-state index contributed by atoms with van der Waals surface area (Å²) >= 11 is 0. The SMILES string of the molecule is CC.CC.O=C(O)c1ccc2c(O)c(C(=O)O)ccc2c1.O=C(O)c1ccc2cc(C(=O)O)c(O)cc2c1. The Labute approximate surface area is 217 Å². The van der Waals surface area contributed by atoms with Gasteiger partial charge in [0.05, 0.1) is 11.1 Å². The van der Waals surface area contributed by atoms with Crippen molar-refractivity contribution in [2.24, 2.45) is 0 Å². The standard InChI is InChI=1S/2C12H8O5.2C2H6/c13-10-8-3-2-7(11(14)15)5-6(8)1-4-9(10)12(16)17;13-10-5-8-3-7(11(14)15)2-1-6(8)4-9(10)12(16)17;2*1-2/h2*1-5,13H,(H,14,15)(H,16,17);2*1-2H3. The smallest absolute Gasteiger partial charge is 0.339 e. The Bertz CT molecular complexity index is 1460. The van der Waals surface area contributed by atoms with Crippen LogP contribution in [0.1, 0.15) is 69.1 Å². The van der Waals surface area contributed by atoms with Crippen LogP contribution in [0.15, 0.2) is 60.7 Å². The van der Waals surface area contributed by atoms with Crippen LogP contribution in [0, 0.1) is 0 Å². The quantitative estimate of drug-likeness (QED) is 0.186. The van der Waals surface area contributed by atoms with Gasteiger partial charge in [0.1, 0.15) is 22.6 Å². The molecule has 38 heavy (non-hydrogen) atoms. The molecule has 10 heteroatoms. The Kier molecular flexibility index (Phi) is 11.3. The zero-order chi connectivity index (χ0) is 29.2. The van der Waals surface area contributed by atoms with Crippen LogP contribution in [0.5, 0.6) is 11.5 Å². The lowest BCUT2D eigenvalue weighted by Crippen LogP contribution is -1.98. The van der Waals surface area contributed by atoms with E-state index < -0.39 is 23.9 Å². The summed E-state index contributed by atoms with van der Waals surface area (Å²) in [6, 6.07) is 13.6. The van der Waals surface area contributed by atoms with Gasteiger partial charge in [-0.05, 0) is 64.7 Å². The molecule has 10 nitrogen and oxygen atoms in total. The van der Waals surface area contributed by atoms with Gasteiger partial charge in [-0.25, -0.2) is 19.2 Å². The van der Waals surface area contributed by atoms with E-state index in [1.807, 2.05) is 27.7 Å². The summed E-state index contributed by atoms with van der Waals surface area (Å²) in [6.45, 7) is 8.00. The lowest BCUT2D eigenvalue weighted by molar-refractivity contribution is 0.0682. The molecule has 0 spiro atoms. The summed E-state index contributed by atoms with van der Waals surface area (Å²) in [7, 11) is 0. The van der Waals surface area contributed by atoms with Crippen molar-refractivity contribution in [3.63, 3.8) is 0 Å². The average Bonchev–Trinajstić information content (AvgIpc) is 2.90. The number of benzene rings is 4. The molecule has 0 fully saturated rings. The molecule has 0 aliphatic carbocycles. The summed E-state index contributed by atoms with van der Waals surface area (Å²) < 4.78 is 0. The van der Waals surface area contributed by atoms with Crippen molar-refractivity contribution in [2.75, 3.05) is 0 Å². The Morgan fingerprint density at radius 1 is 0.500 bits per heavy atom. The number of carbonyl (C=O) groups is 4. The van der Waals surface area contributed by atoms with Crippen LogP contribution in [-0.4, -0.2) is 54.5 Å². The van der Waals surface area contributed by atoms with Crippen molar-refractivity contribution in [1.82, 2.24) is 0 Å². The fraction of sp³-hybridized carbons (Fsp3) is 0.143. The molecule has 0 saturated heterocycles. The summed E-state index contributed by atoms with van der Waals surface area (Å²) in [5.41, 5.74) is -0.249. The fourth-order valence-corrected chi connectivity index (χ4v) is 3.21. The number of aromatic carboxylic acids is 4. The molecular formula is C28H28O10. The first kappa shape index (κ1) is 30.9. The first-order valence-corrected chi connectivity index (χ1v) is 11.4. The average molecular weight is 525 g/mol. The van der Waals surface area contributed by atoms with E-state index >= 15 is 0 Å². The second-order valence-electron chi connectivity index (χ2n) is 7.05. The minimum Gasteiger partial charge on any atom is -0.507 e. The molecule has 0 atom stereocenters. The summed E-state index contributed by atoms with van der Waals surface area (Å²) in [5.74, 6) is -5.35. The Morgan fingerprint density at radius 3 is 1.47 bits per heavy atom. The molecule has 0 heterocycles. The topological polar surface area (TPSA) is 190 Å². The van der Waals surface area contributed by atoms with E-state index in [0.29, 0.717) is 21.5 Å². The molecule has 0 amide bonds. The first-order valence-electron chi connectivity index (χ1n) is 11.4. The molecule has 0 bridgehead atoms. The molecule has 0 radical (unpaired) electrons. The maximum Gasteiger partial charge on any atom is 0.339 e. The number of fused-ring (bicyclic) bond motifs is 2. The first-order chi connectivity index (χ1) is 18.0. The number of hydrogen-bond acceptors (Lipinski definition) is 6. The molecule has 4 rings (SSSR count). The minimum absolute atomic E-state index is 0.0833. The third-order valence-corrected chi connectivity index (χ3v) is 4.90. The Hall–Kier alpha value is -5.12. The van der Waals surface area contributed by atoms with Gasteiger partial charge >= 0.3 is 23.9 Å². The molecule has 0 aromatic heterocycles. The van der Waals surface area contributed by atoms with Crippen LogP contribution in [0.4, 0.5) is 0 Å². The lowest BCUT2D eigenvalue weighted by atomic mass is 10.0. The summed E-state index contributed by atoms with van der Waals surface area (Å²) in [4.78, 5) is 43.1. The number of hydrogen-bond donors (Lipinski definition) is 6. The number of phenols is 2. The zero-order valence-corrected chi connectivity index (χ0v) is 21.1. The van der Waals surface area contributed by atoms with Crippen molar-refractivity contribution in [1.29, 1.82) is 0 Å². The molecule has 0 aliphatic heterocycles. The molecule has 6 N–H and O–H groups in total. The fourth-order valence-electron chi connectivity index (χ4n) is 3.21. The summed E-state index contributed by atoms with van der Waals surface area (Å²) in [6.07, 6.45) is 0. The predicted octanol–water partition coefficient (Wildman–Crippen LogP) is 5.94. The second kappa shape index (κ2) is 13.8. The van der Waals surface area contributed by atoms with E-state index in [0.717, 1.165) is 0 Å². The van der Waals surface area contributed by atoms with E-state index in [-0.39, 0.29) is 33.8 Å². The molecule has 0 saturated carbocycles. The largest absolute Gasteiger partial charge is 0.507 e. The van der Waals surface area contributed by atoms with Crippen molar-refractivity contribution in [3.8, 4) is 11.5 Å². The van der Waals surface area contributed by atoms with Crippen molar-refractivity contribution in [3.05, 3.63) is 82.9 Å². The van der Waals surface area contributed by atoms with Gasteiger partial charge in [0.15, 0.2) is 0 Å². The highest BCUT2D eigenvalue weighted by Gasteiger charge is 2.14. The number of rotatable bonds is 4. The van der Waals surface area contributed by atoms with E-state index in [1.165, 1.54) is 60.7 Å². The van der Waals surface area contributed by atoms with Crippen LogP contribution >= 0.6 is 0 Å². The van der Waals surface area contributed by atoms with Gasteiger partial charge in [0.2, 0.25) is 0 Å². The highest BCUT2D eigenvalue weighted by Crippen LogP contribution is 2.29. The monoisotopic (exact) mass is 524 g/mol. The van der Waals surface area contributed by atoms with Gasteiger partial charge < -0.3 is 30.6 Å². The maximum absolute atomic E-state index is 10.8. The molecular weight excluding hydrogens is 496 g/mol. The Morgan fingerprint density at radius 2 is 0.974 bits per heavy atom. The van der Waals surface area contributed by atoms with Gasteiger partial charge in [0.25, 0.3) is 0 Å². The zero-order valence-electron chi connectivity index (χ0n) is 21.1. The van der Waals surface area contributed by atoms with Crippen LogP contribution in [-0.2, 0) is 0 Å². The highest BCUT2D eigenvalue weighted by molar-refractivity contribution is 6.03. The third kappa shape index (κ3) is 7.20. The Balaban J connectivity index is 0.000000336. The van der Waals surface area contributed by atoms with Crippen molar-refractivity contribution in [2.45, 2.75) is 27.7 Å². The van der Waals surface area contributed by atoms with Gasteiger partial charge in [-0.15, -0.1) is 0 Å². The molecule has 4 aromatic rings. The van der Waals surface area contributed by atoms with Crippen molar-refractivity contribution < 1.29 is 49.8 Å². The van der Waals surface area contributed by atoms with E-state index in [2.05, 4.69) is 0 Å². The number of carboxylic acid groups (broad SMARTS) is 4. The second-order valence-corrected chi connectivity index (χ2v) is 7.05. The predicted molar refractivity (Wildman–Crippen MR) is 142 cm³/mol. The minimum atomic E-state index is -1.23. The van der Waals surface area contributed by atoms with Gasteiger partial charge in [-0.3, -0.25) is 0 Å². The number of carboxylic acids is 4. The van der Waals surface area contributed by atoms with Crippen LogP contribution in [0.25, 0.3) is 21.5 Å². The molecule has 0 aliphatic rings. The van der Waals surface area contributed by atoms with Gasteiger partial charge in [0, 0.05) is 5.39 Å².